The van der Waals surface area contributed by atoms with E-state index in [1.165, 1.54) is 32.1 Å². The summed E-state index contributed by atoms with van der Waals surface area (Å²) in [5.74, 6) is 0. The lowest BCUT2D eigenvalue weighted by atomic mass is 9.80. The zero-order chi connectivity index (χ0) is 10.1. The third-order valence-corrected chi connectivity index (χ3v) is 4.09. The molecule has 1 aliphatic carbocycles. The Bertz CT molecular complexity index is 186. The van der Waals surface area contributed by atoms with Gasteiger partial charge in [0.15, 0.2) is 0 Å². The number of rotatable bonds is 1. The molecule has 14 heavy (non-hydrogen) atoms. The fourth-order valence-electron chi connectivity index (χ4n) is 2.57. The van der Waals surface area contributed by atoms with E-state index < -0.39 is 0 Å². The smallest absolute Gasteiger partial charge is 0.0776 e. The van der Waals surface area contributed by atoms with Gasteiger partial charge >= 0.3 is 0 Å². The molecule has 1 saturated heterocycles. The minimum absolute atomic E-state index is 0.0860. The second-order valence-electron chi connectivity index (χ2n) is 5.29. The van der Waals surface area contributed by atoms with Crippen molar-refractivity contribution in [3.8, 4) is 0 Å². The van der Waals surface area contributed by atoms with Gasteiger partial charge in [0.05, 0.1) is 12.2 Å². The molecule has 0 bridgehead atoms. The topological polar surface area (TPSA) is 21.3 Å². The van der Waals surface area contributed by atoms with Crippen LogP contribution in [0.1, 0.15) is 52.4 Å². The maximum Gasteiger partial charge on any atom is 0.0776 e. The summed E-state index contributed by atoms with van der Waals surface area (Å²) in [4.78, 5) is 0. The summed E-state index contributed by atoms with van der Waals surface area (Å²) in [6.45, 7) is 6.39. The van der Waals surface area contributed by atoms with Gasteiger partial charge in [0.1, 0.15) is 0 Å². The molecule has 2 nitrogen and oxygen atoms in total. The van der Waals surface area contributed by atoms with Crippen molar-refractivity contribution in [2.45, 2.75) is 63.5 Å². The van der Waals surface area contributed by atoms with Crippen molar-refractivity contribution in [2.24, 2.45) is 0 Å². The first-order chi connectivity index (χ1) is 6.68. The summed E-state index contributed by atoms with van der Waals surface area (Å²) in [7, 11) is 0. The number of hydrogen-bond acceptors (Lipinski definition) is 2. The van der Waals surface area contributed by atoms with E-state index >= 15 is 0 Å². The van der Waals surface area contributed by atoms with Gasteiger partial charge in [-0.25, -0.2) is 0 Å². The lowest BCUT2D eigenvalue weighted by Crippen LogP contribution is -2.61. The van der Waals surface area contributed by atoms with E-state index in [1.807, 2.05) is 0 Å². The maximum absolute atomic E-state index is 6.05. The SMILES string of the molecule is CCC1(C)CNC2(CCCCC2)CO1. The number of ether oxygens (including phenoxy) is 1. The molecule has 1 N–H and O–H groups in total. The molecule has 2 rings (SSSR count). The molecule has 1 aliphatic heterocycles. The minimum Gasteiger partial charge on any atom is -0.372 e. The zero-order valence-corrected chi connectivity index (χ0v) is 9.57. The molecule has 2 fully saturated rings. The Morgan fingerprint density at radius 2 is 1.93 bits per heavy atom. The third-order valence-electron chi connectivity index (χ3n) is 4.09. The number of nitrogens with one attached hydrogen (secondary N) is 1. The van der Waals surface area contributed by atoms with Gasteiger partial charge in [0.25, 0.3) is 0 Å². The molecule has 1 heterocycles. The van der Waals surface area contributed by atoms with E-state index in [0.29, 0.717) is 5.54 Å². The van der Waals surface area contributed by atoms with Crippen LogP contribution in [0.3, 0.4) is 0 Å². The first-order valence-electron chi connectivity index (χ1n) is 6.07. The van der Waals surface area contributed by atoms with E-state index in [2.05, 4.69) is 19.2 Å². The highest BCUT2D eigenvalue weighted by molar-refractivity contribution is 4.97. The van der Waals surface area contributed by atoms with Gasteiger partial charge in [-0.05, 0) is 26.2 Å². The standard InChI is InChI=1S/C12H23NO/c1-3-11(2)9-13-12(10-14-11)7-5-4-6-8-12/h13H,3-10H2,1-2H3. The van der Waals surface area contributed by atoms with Crippen LogP contribution in [0.5, 0.6) is 0 Å². The van der Waals surface area contributed by atoms with E-state index in [-0.39, 0.29) is 5.60 Å². The molecule has 0 amide bonds. The van der Waals surface area contributed by atoms with Crippen molar-refractivity contribution in [3.63, 3.8) is 0 Å². The lowest BCUT2D eigenvalue weighted by molar-refractivity contribution is -0.107. The molecule has 0 radical (unpaired) electrons. The Hall–Kier alpha value is -0.0800. The second-order valence-corrected chi connectivity index (χ2v) is 5.29. The van der Waals surface area contributed by atoms with Crippen molar-refractivity contribution in [1.29, 1.82) is 0 Å². The lowest BCUT2D eigenvalue weighted by Gasteiger charge is -2.47. The van der Waals surface area contributed by atoms with Gasteiger partial charge in [-0.1, -0.05) is 26.2 Å². The monoisotopic (exact) mass is 197 g/mol. The molecule has 1 spiro atoms. The summed E-state index contributed by atoms with van der Waals surface area (Å²) in [5.41, 5.74) is 0.426. The Morgan fingerprint density at radius 1 is 1.21 bits per heavy atom. The Labute approximate surface area is 87.4 Å². The van der Waals surface area contributed by atoms with Crippen LogP contribution in [0.25, 0.3) is 0 Å². The van der Waals surface area contributed by atoms with E-state index in [4.69, 9.17) is 4.74 Å². The first-order valence-corrected chi connectivity index (χ1v) is 6.07. The fraction of sp³-hybridized carbons (Fsp3) is 1.00. The van der Waals surface area contributed by atoms with Crippen LogP contribution in [0.2, 0.25) is 0 Å². The summed E-state index contributed by atoms with van der Waals surface area (Å²) < 4.78 is 6.05. The average molecular weight is 197 g/mol. The summed E-state index contributed by atoms with van der Waals surface area (Å²) in [6.07, 6.45) is 7.89. The van der Waals surface area contributed by atoms with Crippen molar-refractivity contribution < 1.29 is 4.74 Å². The van der Waals surface area contributed by atoms with Gasteiger partial charge < -0.3 is 10.1 Å². The quantitative estimate of drug-likeness (QED) is 0.697. The zero-order valence-electron chi connectivity index (χ0n) is 9.57. The molecule has 2 aliphatic rings. The van der Waals surface area contributed by atoms with Gasteiger partial charge in [0, 0.05) is 12.1 Å². The van der Waals surface area contributed by atoms with E-state index in [0.717, 1.165) is 19.6 Å². The largest absolute Gasteiger partial charge is 0.372 e. The van der Waals surface area contributed by atoms with Crippen LogP contribution in [-0.2, 0) is 4.74 Å². The van der Waals surface area contributed by atoms with E-state index in [1.54, 1.807) is 0 Å². The van der Waals surface area contributed by atoms with Crippen LogP contribution in [0.15, 0.2) is 0 Å². The third kappa shape index (κ3) is 1.96. The van der Waals surface area contributed by atoms with E-state index in [9.17, 15) is 0 Å². The van der Waals surface area contributed by atoms with Gasteiger partial charge in [-0.3, -0.25) is 0 Å². The number of morpholine rings is 1. The van der Waals surface area contributed by atoms with Crippen LogP contribution in [0.4, 0.5) is 0 Å². The second kappa shape index (κ2) is 3.82. The molecule has 1 unspecified atom stereocenters. The van der Waals surface area contributed by atoms with Crippen LogP contribution in [-0.4, -0.2) is 24.3 Å². The number of hydrogen-bond donors (Lipinski definition) is 1. The van der Waals surface area contributed by atoms with Crippen molar-refractivity contribution in [1.82, 2.24) is 5.32 Å². The van der Waals surface area contributed by atoms with Gasteiger partial charge in [-0.2, -0.15) is 0 Å². The molecule has 0 aromatic carbocycles. The summed E-state index contributed by atoms with van der Waals surface area (Å²) in [5, 5.41) is 3.75. The normalized spacial score (nSPS) is 37.3. The molecular formula is C12H23NO. The minimum atomic E-state index is 0.0860. The average Bonchev–Trinajstić information content (AvgIpc) is 2.25. The fourth-order valence-corrected chi connectivity index (χ4v) is 2.57. The molecule has 0 aromatic rings. The van der Waals surface area contributed by atoms with Crippen molar-refractivity contribution >= 4 is 0 Å². The van der Waals surface area contributed by atoms with Gasteiger partial charge in [0.2, 0.25) is 0 Å². The molecular weight excluding hydrogens is 174 g/mol. The van der Waals surface area contributed by atoms with Crippen molar-refractivity contribution in [3.05, 3.63) is 0 Å². The molecule has 2 heteroatoms. The molecule has 1 saturated carbocycles. The first kappa shape index (κ1) is 10.4. The Morgan fingerprint density at radius 3 is 2.43 bits per heavy atom. The predicted octanol–water partition coefficient (Wildman–Crippen LogP) is 2.48. The molecule has 0 aromatic heterocycles. The summed E-state index contributed by atoms with van der Waals surface area (Å²) >= 11 is 0. The highest BCUT2D eigenvalue weighted by Gasteiger charge is 2.40. The molecule has 1 atom stereocenters. The van der Waals surface area contributed by atoms with Crippen LogP contribution in [0, 0.1) is 0 Å². The van der Waals surface area contributed by atoms with Crippen LogP contribution >= 0.6 is 0 Å². The Balaban J connectivity index is 1.93. The highest BCUT2D eigenvalue weighted by atomic mass is 16.5. The summed E-state index contributed by atoms with van der Waals surface area (Å²) in [6, 6.07) is 0. The van der Waals surface area contributed by atoms with Gasteiger partial charge in [-0.15, -0.1) is 0 Å². The Kier molecular flexibility index (Phi) is 2.85. The highest BCUT2D eigenvalue weighted by Crippen LogP contribution is 2.33. The molecule has 82 valence electrons. The van der Waals surface area contributed by atoms with Crippen LogP contribution < -0.4 is 5.32 Å². The maximum atomic E-state index is 6.05. The van der Waals surface area contributed by atoms with Crippen molar-refractivity contribution in [2.75, 3.05) is 13.2 Å². The predicted molar refractivity (Wildman–Crippen MR) is 58.5 cm³/mol.